The number of hydrogen-bond donors (Lipinski definition) is 0. The molecule has 2 aromatic rings. The minimum absolute atomic E-state index is 0.0869. The Balaban J connectivity index is 1.84. The van der Waals surface area contributed by atoms with E-state index < -0.39 is 0 Å². The third-order valence-electron chi connectivity index (χ3n) is 3.43. The highest BCUT2D eigenvalue weighted by atomic mass is 79.9. The van der Waals surface area contributed by atoms with E-state index in [1.807, 2.05) is 47.5 Å². The van der Waals surface area contributed by atoms with Crippen molar-refractivity contribution in [1.82, 2.24) is 9.88 Å². The molecule has 1 aromatic heterocycles. The molecule has 1 fully saturated rings. The van der Waals surface area contributed by atoms with Gasteiger partial charge in [0, 0.05) is 29.5 Å². The summed E-state index contributed by atoms with van der Waals surface area (Å²) in [6, 6.07) is 11.9. The van der Waals surface area contributed by atoms with Gasteiger partial charge in [0.2, 0.25) is 0 Å². The van der Waals surface area contributed by atoms with E-state index in [-0.39, 0.29) is 5.91 Å². The summed E-state index contributed by atoms with van der Waals surface area (Å²) in [7, 11) is 0. The van der Waals surface area contributed by atoms with Gasteiger partial charge in [0.25, 0.3) is 5.91 Å². The first kappa shape index (κ1) is 13.3. The van der Waals surface area contributed by atoms with Crippen molar-refractivity contribution in [2.24, 2.45) is 0 Å². The minimum atomic E-state index is 0.0869. The maximum atomic E-state index is 12.7. The van der Waals surface area contributed by atoms with E-state index >= 15 is 0 Å². The monoisotopic (exact) mass is 330 g/mol. The second-order valence-electron chi connectivity index (χ2n) is 5.01. The summed E-state index contributed by atoms with van der Waals surface area (Å²) in [5.74, 6) is 0.0869. The van der Waals surface area contributed by atoms with E-state index in [1.165, 1.54) is 0 Å². The molecule has 0 N–H and O–H groups in total. The fourth-order valence-corrected chi connectivity index (χ4v) is 2.69. The van der Waals surface area contributed by atoms with Crippen LogP contribution < -0.4 is 0 Å². The Hall–Kier alpha value is -1.68. The van der Waals surface area contributed by atoms with Crippen LogP contribution in [0.25, 0.3) is 0 Å². The van der Waals surface area contributed by atoms with Crippen LogP contribution in [0.2, 0.25) is 0 Å². The van der Waals surface area contributed by atoms with Crippen molar-refractivity contribution in [3.8, 4) is 0 Å². The molecule has 0 unspecified atom stereocenters. The molecule has 3 rings (SSSR count). The van der Waals surface area contributed by atoms with Gasteiger partial charge < -0.3 is 4.90 Å². The lowest BCUT2D eigenvalue weighted by molar-refractivity contribution is 0.0729. The lowest BCUT2D eigenvalue weighted by atomic mass is 10.1. The number of carbonyl (C=O) groups excluding carboxylic acids is 1. The number of hydrogen-bond acceptors (Lipinski definition) is 2. The maximum Gasteiger partial charge on any atom is 0.255 e. The molecule has 0 radical (unpaired) electrons. The number of amides is 1. The van der Waals surface area contributed by atoms with Crippen LogP contribution in [0.3, 0.4) is 0 Å². The number of pyridine rings is 1. The van der Waals surface area contributed by atoms with Crippen LogP contribution >= 0.6 is 15.9 Å². The standard InChI is InChI=1S/C16H15BrN2O/c17-15-6-2-1-5-14(15)16(20)19(13-7-8-13)11-12-4-3-9-18-10-12/h1-6,9-10,13H,7-8,11H2. The molecular formula is C16H15BrN2O. The van der Waals surface area contributed by atoms with Gasteiger partial charge in [0.15, 0.2) is 0 Å². The molecule has 1 saturated carbocycles. The molecule has 20 heavy (non-hydrogen) atoms. The highest BCUT2D eigenvalue weighted by molar-refractivity contribution is 9.10. The lowest BCUT2D eigenvalue weighted by Crippen LogP contribution is -2.32. The predicted molar refractivity (Wildman–Crippen MR) is 81.3 cm³/mol. The van der Waals surface area contributed by atoms with Crippen LogP contribution in [0.4, 0.5) is 0 Å². The van der Waals surface area contributed by atoms with E-state index in [0.717, 1.165) is 28.4 Å². The Labute approximate surface area is 126 Å². The molecule has 102 valence electrons. The van der Waals surface area contributed by atoms with E-state index in [1.54, 1.807) is 6.20 Å². The molecular weight excluding hydrogens is 316 g/mol. The van der Waals surface area contributed by atoms with Crippen LogP contribution in [0.1, 0.15) is 28.8 Å². The summed E-state index contributed by atoms with van der Waals surface area (Å²) in [4.78, 5) is 18.8. The first-order valence-corrected chi connectivity index (χ1v) is 7.49. The highest BCUT2D eigenvalue weighted by Crippen LogP contribution is 2.31. The van der Waals surface area contributed by atoms with E-state index in [9.17, 15) is 4.79 Å². The quantitative estimate of drug-likeness (QED) is 0.857. The fourth-order valence-electron chi connectivity index (χ4n) is 2.23. The Bertz CT molecular complexity index is 611. The molecule has 1 amide bonds. The van der Waals surface area contributed by atoms with Crippen LogP contribution in [-0.4, -0.2) is 21.8 Å². The molecule has 3 nitrogen and oxygen atoms in total. The summed E-state index contributed by atoms with van der Waals surface area (Å²) in [6.45, 7) is 0.624. The number of nitrogens with zero attached hydrogens (tertiary/aromatic N) is 2. The molecule has 0 aliphatic heterocycles. The Morgan fingerprint density at radius 2 is 2.05 bits per heavy atom. The average molecular weight is 331 g/mol. The molecule has 0 spiro atoms. The Morgan fingerprint density at radius 3 is 2.70 bits per heavy atom. The number of aromatic nitrogens is 1. The molecule has 1 aromatic carbocycles. The zero-order chi connectivity index (χ0) is 13.9. The lowest BCUT2D eigenvalue weighted by Gasteiger charge is -2.23. The third kappa shape index (κ3) is 2.90. The summed E-state index contributed by atoms with van der Waals surface area (Å²) < 4.78 is 0.849. The summed E-state index contributed by atoms with van der Waals surface area (Å²) >= 11 is 3.46. The molecule has 4 heteroatoms. The van der Waals surface area contributed by atoms with Gasteiger partial charge in [-0.15, -0.1) is 0 Å². The Morgan fingerprint density at radius 1 is 1.25 bits per heavy atom. The van der Waals surface area contributed by atoms with E-state index in [4.69, 9.17) is 0 Å². The van der Waals surface area contributed by atoms with Gasteiger partial charge in [-0.25, -0.2) is 0 Å². The van der Waals surface area contributed by atoms with Gasteiger partial charge in [-0.2, -0.15) is 0 Å². The predicted octanol–water partition coefficient (Wildman–Crippen LogP) is 3.65. The van der Waals surface area contributed by atoms with Crippen LogP contribution in [0.5, 0.6) is 0 Å². The van der Waals surface area contributed by atoms with Crippen molar-refractivity contribution in [2.45, 2.75) is 25.4 Å². The van der Waals surface area contributed by atoms with E-state index in [0.29, 0.717) is 12.6 Å². The van der Waals surface area contributed by atoms with Crippen molar-refractivity contribution in [2.75, 3.05) is 0 Å². The third-order valence-corrected chi connectivity index (χ3v) is 4.12. The Kier molecular flexibility index (Phi) is 3.83. The summed E-state index contributed by atoms with van der Waals surface area (Å²) in [5, 5.41) is 0. The van der Waals surface area contributed by atoms with Crippen LogP contribution in [-0.2, 0) is 6.54 Å². The second-order valence-corrected chi connectivity index (χ2v) is 5.86. The van der Waals surface area contributed by atoms with Gasteiger partial charge in [-0.3, -0.25) is 9.78 Å². The number of halogens is 1. The molecule has 1 aliphatic rings. The molecule has 1 aliphatic carbocycles. The number of rotatable bonds is 4. The normalized spacial score (nSPS) is 14.1. The van der Waals surface area contributed by atoms with Gasteiger partial charge in [-0.05, 0) is 52.5 Å². The molecule has 0 atom stereocenters. The number of carbonyl (C=O) groups is 1. The second kappa shape index (κ2) is 5.75. The van der Waals surface area contributed by atoms with Crippen LogP contribution in [0, 0.1) is 0 Å². The molecule has 1 heterocycles. The van der Waals surface area contributed by atoms with Crippen molar-refractivity contribution < 1.29 is 4.79 Å². The fraction of sp³-hybridized carbons (Fsp3) is 0.250. The maximum absolute atomic E-state index is 12.7. The highest BCUT2D eigenvalue weighted by Gasteiger charge is 2.33. The topological polar surface area (TPSA) is 33.2 Å². The summed E-state index contributed by atoms with van der Waals surface area (Å²) in [5.41, 5.74) is 1.79. The van der Waals surface area contributed by atoms with Gasteiger partial charge >= 0.3 is 0 Å². The first-order chi connectivity index (χ1) is 9.75. The van der Waals surface area contributed by atoms with Crippen molar-refractivity contribution in [1.29, 1.82) is 0 Å². The smallest absolute Gasteiger partial charge is 0.255 e. The van der Waals surface area contributed by atoms with Crippen molar-refractivity contribution in [3.63, 3.8) is 0 Å². The van der Waals surface area contributed by atoms with Crippen molar-refractivity contribution in [3.05, 3.63) is 64.4 Å². The molecule has 0 bridgehead atoms. The summed E-state index contributed by atoms with van der Waals surface area (Å²) in [6.07, 6.45) is 5.76. The molecule has 0 saturated heterocycles. The van der Waals surface area contributed by atoms with Gasteiger partial charge in [0.05, 0.1) is 5.56 Å². The van der Waals surface area contributed by atoms with Gasteiger partial charge in [0.1, 0.15) is 0 Å². The van der Waals surface area contributed by atoms with Crippen LogP contribution in [0.15, 0.2) is 53.3 Å². The largest absolute Gasteiger partial charge is 0.331 e. The van der Waals surface area contributed by atoms with Crippen molar-refractivity contribution >= 4 is 21.8 Å². The van der Waals surface area contributed by atoms with Gasteiger partial charge in [-0.1, -0.05) is 18.2 Å². The SMILES string of the molecule is O=C(c1ccccc1Br)N(Cc1cccnc1)C1CC1. The minimum Gasteiger partial charge on any atom is -0.331 e. The first-order valence-electron chi connectivity index (χ1n) is 6.70. The zero-order valence-corrected chi connectivity index (χ0v) is 12.6. The average Bonchev–Trinajstić information content (AvgIpc) is 3.30. The zero-order valence-electron chi connectivity index (χ0n) is 11.0. The number of benzene rings is 1. The van der Waals surface area contributed by atoms with E-state index in [2.05, 4.69) is 20.9 Å².